The average Bonchev–Trinajstić information content (AvgIpc) is 2.55. The van der Waals surface area contributed by atoms with Crippen LogP contribution >= 0.6 is 0 Å². The second-order valence-electron chi connectivity index (χ2n) is 5.32. The molecule has 0 spiro atoms. The third-order valence-corrected chi connectivity index (χ3v) is 4.40. The zero-order valence-corrected chi connectivity index (χ0v) is 13.5. The number of phenols is 1. The Balaban J connectivity index is 2.13. The van der Waals surface area contributed by atoms with Gasteiger partial charge in [0, 0.05) is 10.8 Å². The summed E-state index contributed by atoms with van der Waals surface area (Å²) in [5.41, 5.74) is 2.13. The molecule has 0 bridgehead atoms. The SMILES string of the molecule is Cc1ccc(N=Nc2ccc(O)c3ccc(S(=O)(=O)O)cc23)cc1. The molecule has 2 N–H and O–H groups in total. The lowest BCUT2D eigenvalue weighted by atomic mass is 10.1. The molecule has 0 aromatic heterocycles. The predicted molar refractivity (Wildman–Crippen MR) is 90.8 cm³/mol. The molecule has 3 aromatic rings. The molecule has 0 heterocycles. The van der Waals surface area contributed by atoms with Crippen molar-refractivity contribution in [2.75, 3.05) is 0 Å². The van der Waals surface area contributed by atoms with Gasteiger partial charge in [-0.2, -0.15) is 13.5 Å². The third kappa shape index (κ3) is 3.27. The Morgan fingerprint density at radius 3 is 2.25 bits per heavy atom. The van der Waals surface area contributed by atoms with Gasteiger partial charge in [-0.1, -0.05) is 17.7 Å². The third-order valence-electron chi connectivity index (χ3n) is 3.55. The number of aryl methyl sites for hydroxylation is 1. The van der Waals surface area contributed by atoms with Crippen molar-refractivity contribution in [2.45, 2.75) is 11.8 Å². The van der Waals surface area contributed by atoms with E-state index in [2.05, 4.69) is 10.2 Å². The fourth-order valence-corrected chi connectivity index (χ4v) is 2.77. The molecule has 0 aliphatic heterocycles. The Morgan fingerprint density at radius 1 is 0.875 bits per heavy atom. The summed E-state index contributed by atoms with van der Waals surface area (Å²) in [7, 11) is -4.35. The second kappa shape index (κ2) is 6.03. The van der Waals surface area contributed by atoms with Crippen LogP contribution in [-0.4, -0.2) is 18.1 Å². The van der Waals surface area contributed by atoms with Crippen molar-refractivity contribution in [1.29, 1.82) is 0 Å². The van der Waals surface area contributed by atoms with E-state index in [1.165, 1.54) is 30.3 Å². The maximum atomic E-state index is 11.3. The van der Waals surface area contributed by atoms with Crippen LogP contribution < -0.4 is 0 Å². The van der Waals surface area contributed by atoms with E-state index in [0.29, 0.717) is 22.1 Å². The van der Waals surface area contributed by atoms with Crippen LogP contribution in [0.5, 0.6) is 5.75 Å². The highest BCUT2D eigenvalue weighted by atomic mass is 32.2. The Labute approximate surface area is 138 Å². The molecule has 0 fully saturated rings. The molecule has 3 aromatic carbocycles. The van der Waals surface area contributed by atoms with Gasteiger partial charge in [-0.15, -0.1) is 5.11 Å². The number of rotatable bonds is 3. The van der Waals surface area contributed by atoms with Crippen LogP contribution in [0.3, 0.4) is 0 Å². The zero-order valence-electron chi connectivity index (χ0n) is 12.7. The van der Waals surface area contributed by atoms with Crippen molar-refractivity contribution in [2.24, 2.45) is 10.2 Å². The first kappa shape index (κ1) is 16.1. The average molecular weight is 342 g/mol. The van der Waals surface area contributed by atoms with Crippen LogP contribution in [0.1, 0.15) is 5.56 Å². The number of hydrogen-bond acceptors (Lipinski definition) is 5. The Morgan fingerprint density at radius 2 is 1.58 bits per heavy atom. The van der Waals surface area contributed by atoms with E-state index < -0.39 is 10.1 Å². The molecule has 0 amide bonds. The molecule has 0 aliphatic rings. The number of azo groups is 1. The van der Waals surface area contributed by atoms with E-state index in [1.54, 1.807) is 0 Å². The minimum atomic E-state index is -4.35. The molecule has 7 heteroatoms. The van der Waals surface area contributed by atoms with Crippen LogP contribution in [-0.2, 0) is 10.1 Å². The van der Waals surface area contributed by atoms with Crippen molar-refractivity contribution in [3.8, 4) is 5.75 Å². The van der Waals surface area contributed by atoms with Crippen LogP contribution in [0.2, 0.25) is 0 Å². The lowest BCUT2D eigenvalue weighted by Gasteiger charge is -2.06. The molecule has 0 saturated heterocycles. The summed E-state index contributed by atoms with van der Waals surface area (Å²) in [6.45, 7) is 1.96. The molecule has 0 radical (unpaired) electrons. The number of benzene rings is 3. The monoisotopic (exact) mass is 342 g/mol. The fourth-order valence-electron chi connectivity index (χ4n) is 2.27. The van der Waals surface area contributed by atoms with Gasteiger partial charge < -0.3 is 5.11 Å². The summed E-state index contributed by atoms with van der Waals surface area (Å²) in [6.07, 6.45) is 0. The first-order chi connectivity index (χ1) is 11.3. The highest BCUT2D eigenvalue weighted by molar-refractivity contribution is 7.85. The molecule has 0 atom stereocenters. The summed E-state index contributed by atoms with van der Waals surface area (Å²) in [4.78, 5) is -0.271. The van der Waals surface area contributed by atoms with E-state index in [0.717, 1.165) is 5.56 Å². The summed E-state index contributed by atoms with van der Waals surface area (Å²) < 4.78 is 31.8. The number of hydrogen-bond donors (Lipinski definition) is 2. The summed E-state index contributed by atoms with van der Waals surface area (Å²) >= 11 is 0. The van der Waals surface area contributed by atoms with Gasteiger partial charge >= 0.3 is 0 Å². The standard InChI is InChI=1S/C17H14N2O4S/c1-11-2-4-12(5-3-11)18-19-16-8-9-17(20)14-7-6-13(10-15(14)16)24(21,22)23/h2-10,20H,1H3,(H,21,22,23). The maximum Gasteiger partial charge on any atom is 0.294 e. The number of aromatic hydroxyl groups is 1. The van der Waals surface area contributed by atoms with Crippen LogP contribution in [0.4, 0.5) is 11.4 Å². The smallest absolute Gasteiger partial charge is 0.294 e. The normalized spacial score (nSPS) is 12.1. The molecule has 0 unspecified atom stereocenters. The van der Waals surface area contributed by atoms with E-state index >= 15 is 0 Å². The van der Waals surface area contributed by atoms with Crippen molar-refractivity contribution >= 4 is 32.3 Å². The number of phenolic OH excluding ortho intramolecular Hbond substituents is 1. The molecule has 6 nitrogen and oxygen atoms in total. The van der Waals surface area contributed by atoms with Gasteiger partial charge in [-0.3, -0.25) is 4.55 Å². The minimum absolute atomic E-state index is 0.0128. The Hall–Kier alpha value is -2.77. The Bertz CT molecular complexity index is 1040. The molecule has 24 heavy (non-hydrogen) atoms. The first-order valence-electron chi connectivity index (χ1n) is 7.06. The van der Waals surface area contributed by atoms with Crippen molar-refractivity contribution in [3.63, 3.8) is 0 Å². The van der Waals surface area contributed by atoms with E-state index in [4.69, 9.17) is 0 Å². The summed E-state index contributed by atoms with van der Waals surface area (Å²) in [5.74, 6) is -0.0128. The van der Waals surface area contributed by atoms with Gasteiger partial charge in [-0.05, 0) is 49.4 Å². The quantitative estimate of drug-likeness (QED) is 0.540. The molecule has 3 rings (SSSR count). The summed E-state index contributed by atoms with van der Waals surface area (Å²) in [5, 5.41) is 19.0. The van der Waals surface area contributed by atoms with Gasteiger partial charge in [0.05, 0.1) is 16.3 Å². The molecular formula is C17H14N2O4S. The van der Waals surface area contributed by atoms with Gasteiger partial charge in [0.1, 0.15) is 5.75 Å². The lowest BCUT2D eigenvalue weighted by Crippen LogP contribution is -1.97. The second-order valence-corrected chi connectivity index (χ2v) is 6.74. The first-order valence-corrected chi connectivity index (χ1v) is 8.50. The molecule has 0 saturated carbocycles. The van der Waals surface area contributed by atoms with Gasteiger partial charge in [-0.25, -0.2) is 0 Å². The predicted octanol–water partition coefficient (Wildman–Crippen LogP) is 4.52. The largest absolute Gasteiger partial charge is 0.507 e. The maximum absolute atomic E-state index is 11.3. The topological polar surface area (TPSA) is 99.3 Å². The van der Waals surface area contributed by atoms with E-state index in [9.17, 15) is 18.1 Å². The fraction of sp³-hybridized carbons (Fsp3) is 0.0588. The van der Waals surface area contributed by atoms with Crippen molar-refractivity contribution < 1.29 is 18.1 Å². The minimum Gasteiger partial charge on any atom is -0.507 e. The van der Waals surface area contributed by atoms with Gasteiger partial charge in [0.2, 0.25) is 0 Å². The van der Waals surface area contributed by atoms with Gasteiger partial charge in [0.15, 0.2) is 0 Å². The van der Waals surface area contributed by atoms with Crippen molar-refractivity contribution in [1.82, 2.24) is 0 Å². The van der Waals surface area contributed by atoms with Crippen molar-refractivity contribution in [3.05, 3.63) is 60.2 Å². The number of fused-ring (bicyclic) bond motifs is 1. The van der Waals surface area contributed by atoms with Crippen LogP contribution in [0.15, 0.2) is 69.7 Å². The highest BCUT2D eigenvalue weighted by Gasteiger charge is 2.13. The van der Waals surface area contributed by atoms with Crippen LogP contribution in [0.25, 0.3) is 10.8 Å². The molecule has 122 valence electrons. The lowest BCUT2D eigenvalue weighted by molar-refractivity contribution is 0.480. The zero-order chi connectivity index (χ0) is 17.3. The van der Waals surface area contributed by atoms with Crippen LogP contribution in [0, 0.1) is 6.92 Å². The Kier molecular flexibility index (Phi) is 4.04. The highest BCUT2D eigenvalue weighted by Crippen LogP contribution is 2.35. The van der Waals surface area contributed by atoms with E-state index in [1.807, 2.05) is 31.2 Å². The summed E-state index contributed by atoms with van der Waals surface area (Å²) in [6, 6.07) is 14.3. The van der Waals surface area contributed by atoms with Gasteiger partial charge in [0.25, 0.3) is 10.1 Å². The molecule has 0 aliphatic carbocycles. The number of nitrogens with zero attached hydrogens (tertiary/aromatic N) is 2. The van der Waals surface area contributed by atoms with E-state index in [-0.39, 0.29) is 10.6 Å². The molecular weight excluding hydrogens is 328 g/mol.